The second kappa shape index (κ2) is 8.95. The molecule has 36 heavy (non-hydrogen) atoms. The summed E-state index contributed by atoms with van der Waals surface area (Å²) in [5.41, 5.74) is 5.59. The average Bonchev–Trinajstić information content (AvgIpc) is 3.20. The van der Waals surface area contributed by atoms with Gasteiger partial charge in [0.15, 0.2) is 0 Å². The van der Waals surface area contributed by atoms with Gasteiger partial charge in [-0.05, 0) is 52.4 Å². The lowest BCUT2D eigenvalue weighted by Gasteiger charge is -2.51. The Bertz CT molecular complexity index is 1240. The number of nitrogens with zero attached hydrogens (tertiary/aromatic N) is 1. The first-order valence-corrected chi connectivity index (χ1v) is 12.6. The van der Waals surface area contributed by atoms with E-state index in [2.05, 4.69) is 24.3 Å². The maximum atomic E-state index is 13.5. The summed E-state index contributed by atoms with van der Waals surface area (Å²) in [6.07, 6.45) is 0.447. The summed E-state index contributed by atoms with van der Waals surface area (Å²) in [6, 6.07) is 21.9. The molecule has 2 aliphatic heterocycles. The lowest BCUT2D eigenvalue weighted by molar-refractivity contribution is -0.136. The first-order chi connectivity index (χ1) is 17.5. The van der Waals surface area contributed by atoms with Crippen molar-refractivity contribution in [3.05, 3.63) is 89.0 Å². The normalized spacial score (nSPS) is 24.7. The highest BCUT2D eigenvalue weighted by molar-refractivity contribution is 5.79. The largest absolute Gasteiger partial charge is 0.497 e. The van der Waals surface area contributed by atoms with Crippen molar-refractivity contribution < 1.29 is 24.1 Å². The zero-order valence-corrected chi connectivity index (χ0v) is 20.6. The van der Waals surface area contributed by atoms with E-state index in [1.54, 1.807) is 12.0 Å². The molecule has 3 aromatic carbocycles. The van der Waals surface area contributed by atoms with Gasteiger partial charge in [-0.1, -0.05) is 54.6 Å². The lowest BCUT2D eigenvalue weighted by Crippen LogP contribution is -2.62. The predicted molar refractivity (Wildman–Crippen MR) is 136 cm³/mol. The van der Waals surface area contributed by atoms with Gasteiger partial charge < -0.3 is 19.3 Å². The molecule has 2 atom stereocenters. The third kappa shape index (κ3) is 3.76. The molecule has 2 heterocycles. The number of rotatable bonds is 4. The fraction of sp³-hybridized carbons (Fsp3) is 0.367. The van der Waals surface area contributed by atoms with Crippen molar-refractivity contribution in [2.45, 2.75) is 43.4 Å². The van der Waals surface area contributed by atoms with Gasteiger partial charge in [-0.15, -0.1) is 0 Å². The van der Waals surface area contributed by atoms with Crippen LogP contribution in [0.1, 0.15) is 41.0 Å². The van der Waals surface area contributed by atoms with Crippen LogP contribution in [0.3, 0.4) is 0 Å². The molecule has 1 aliphatic carbocycles. The molecule has 0 aromatic heterocycles. The summed E-state index contributed by atoms with van der Waals surface area (Å²) in [6.45, 7) is 3.04. The van der Waals surface area contributed by atoms with Gasteiger partial charge in [-0.2, -0.15) is 0 Å². The molecule has 0 saturated carbocycles. The fourth-order valence-electron chi connectivity index (χ4n) is 6.39. The molecule has 1 amide bonds. The van der Waals surface area contributed by atoms with Gasteiger partial charge >= 0.3 is 6.09 Å². The summed E-state index contributed by atoms with van der Waals surface area (Å²) >= 11 is 0. The average molecular weight is 486 g/mol. The van der Waals surface area contributed by atoms with Gasteiger partial charge in [0.2, 0.25) is 0 Å². The van der Waals surface area contributed by atoms with Crippen molar-refractivity contribution in [1.29, 1.82) is 0 Å². The standard InChI is InChI=1S/C30H31NO5/c1-19-11-12-22(34-2)13-28(19)30(33)14-20-16-35-17-21(15-30)31(20)29(32)36-18-27-25-9-5-3-7-23(25)24-8-4-6-10-26(24)27/h3-13,20-21,27,33H,14-18H2,1-2H3. The van der Waals surface area contributed by atoms with E-state index >= 15 is 0 Å². The number of methoxy groups -OCH3 is 1. The van der Waals surface area contributed by atoms with Crippen molar-refractivity contribution in [1.82, 2.24) is 4.90 Å². The van der Waals surface area contributed by atoms with Gasteiger partial charge in [-0.25, -0.2) is 4.79 Å². The minimum absolute atomic E-state index is 0.0126. The third-order valence-corrected chi connectivity index (χ3v) is 8.05. The SMILES string of the molecule is COc1ccc(C)c(C2(O)CC3COCC(C2)N3C(=O)OCC2c3ccccc3-c3ccccc32)c1. The maximum Gasteiger partial charge on any atom is 0.410 e. The highest BCUT2D eigenvalue weighted by atomic mass is 16.6. The van der Waals surface area contributed by atoms with E-state index < -0.39 is 5.60 Å². The Labute approximate surface area is 211 Å². The van der Waals surface area contributed by atoms with Crippen molar-refractivity contribution in [3.63, 3.8) is 0 Å². The molecule has 0 radical (unpaired) electrons. The summed E-state index contributed by atoms with van der Waals surface area (Å²) in [4.78, 5) is 15.3. The van der Waals surface area contributed by atoms with Crippen LogP contribution in [-0.4, -0.2) is 55.1 Å². The number of morpholine rings is 1. The molecular weight excluding hydrogens is 454 g/mol. The van der Waals surface area contributed by atoms with E-state index in [0.29, 0.717) is 31.8 Å². The van der Waals surface area contributed by atoms with E-state index in [9.17, 15) is 9.90 Å². The summed E-state index contributed by atoms with van der Waals surface area (Å²) < 4.78 is 17.2. The molecule has 3 aromatic rings. The molecule has 3 aliphatic rings. The van der Waals surface area contributed by atoms with Gasteiger partial charge in [0.05, 0.1) is 38.0 Å². The molecule has 2 saturated heterocycles. The number of amides is 1. The molecule has 1 N–H and O–H groups in total. The van der Waals surface area contributed by atoms with Crippen LogP contribution in [0.15, 0.2) is 66.7 Å². The van der Waals surface area contributed by atoms with Crippen LogP contribution in [0, 0.1) is 6.92 Å². The first-order valence-electron chi connectivity index (χ1n) is 12.6. The van der Waals surface area contributed by atoms with Gasteiger partial charge in [0.25, 0.3) is 0 Å². The van der Waals surface area contributed by atoms with Crippen molar-refractivity contribution >= 4 is 6.09 Å². The summed E-state index contributed by atoms with van der Waals surface area (Å²) in [5.74, 6) is 0.725. The Kier molecular flexibility index (Phi) is 5.73. The highest BCUT2D eigenvalue weighted by Crippen LogP contribution is 2.46. The summed E-state index contributed by atoms with van der Waals surface area (Å²) in [7, 11) is 1.63. The van der Waals surface area contributed by atoms with Crippen LogP contribution in [0.5, 0.6) is 5.75 Å². The zero-order chi connectivity index (χ0) is 24.9. The Hall–Kier alpha value is -3.35. The van der Waals surface area contributed by atoms with Crippen molar-refractivity contribution in [3.8, 4) is 16.9 Å². The lowest BCUT2D eigenvalue weighted by atomic mass is 9.75. The monoisotopic (exact) mass is 485 g/mol. The number of piperidine rings is 1. The van der Waals surface area contributed by atoms with E-state index in [4.69, 9.17) is 14.2 Å². The number of carbonyl (C=O) groups is 1. The fourth-order valence-corrected chi connectivity index (χ4v) is 6.39. The Morgan fingerprint density at radius 1 is 1.00 bits per heavy atom. The van der Waals surface area contributed by atoms with Crippen molar-refractivity contribution in [2.75, 3.05) is 26.9 Å². The van der Waals surface area contributed by atoms with Gasteiger partial charge in [0.1, 0.15) is 12.4 Å². The number of fused-ring (bicyclic) bond motifs is 5. The molecule has 6 nitrogen and oxygen atoms in total. The van der Waals surface area contributed by atoms with Crippen LogP contribution >= 0.6 is 0 Å². The minimum atomic E-state index is -1.06. The second-order valence-electron chi connectivity index (χ2n) is 10.2. The molecule has 186 valence electrons. The molecule has 6 heteroatoms. The van der Waals surface area contributed by atoms with Crippen LogP contribution in [0.2, 0.25) is 0 Å². The molecular formula is C30H31NO5. The number of carbonyl (C=O) groups excluding carboxylic acids is 1. The molecule has 2 bridgehead atoms. The van der Waals surface area contributed by atoms with E-state index in [0.717, 1.165) is 11.1 Å². The molecule has 2 fully saturated rings. The number of aryl methyl sites for hydroxylation is 1. The number of ether oxygens (including phenoxy) is 3. The number of hydrogen-bond acceptors (Lipinski definition) is 5. The molecule has 2 unspecified atom stereocenters. The quantitative estimate of drug-likeness (QED) is 0.563. The smallest absolute Gasteiger partial charge is 0.410 e. The van der Waals surface area contributed by atoms with Crippen LogP contribution < -0.4 is 4.74 Å². The highest BCUT2D eigenvalue weighted by Gasteiger charge is 2.50. The zero-order valence-electron chi connectivity index (χ0n) is 20.6. The van der Waals surface area contributed by atoms with E-state index in [-0.39, 0.29) is 30.7 Å². The topological polar surface area (TPSA) is 68.2 Å². The van der Waals surface area contributed by atoms with Gasteiger partial charge in [-0.3, -0.25) is 4.90 Å². The number of benzene rings is 3. The number of aliphatic hydroxyl groups is 1. The predicted octanol–water partition coefficient (Wildman–Crippen LogP) is 5.00. The number of hydrogen-bond donors (Lipinski definition) is 1. The van der Waals surface area contributed by atoms with Crippen LogP contribution in [0.4, 0.5) is 4.79 Å². The van der Waals surface area contributed by atoms with E-state index in [1.165, 1.54) is 22.3 Å². The molecule has 6 rings (SSSR count). The molecule has 0 spiro atoms. The first kappa shape index (κ1) is 23.1. The van der Waals surface area contributed by atoms with Crippen LogP contribution in [-0.2, 0) is 15.1 Å². The maximum absolute atomic E-state index is 13.5. The minimum Gasteiger partial charge on any atom is -0.497 e. The Morgan fingerprint density at radius 2 is 1.61 bits per heavy atom. The van der Waals surface area contributed by atoms with Crippen LogP contribution in [0.25, 0.3) is 11.1 Å². The Morgan fingerprint density at radius 3 is 2.22 bits per heavy atom. The Balaban J connectivity index is 1.21. The third-order valence-electron chi connectivity index (χ3n) is 8.05. The second-order valence-corrected chi connectivity index (χ2v) is 10.2. The van der Waals surface area contributed by atoms with Crippen molar-refractivity contribution in [2.24, 2.45) is 0 Å². The van der Waals surface area contributed by atoms with E-state index in [1.807, 2.05) is 49.4 Å². The summed E-state index contributed by atoms with van der Waals surface area (Å²) in [5, 5.41) is 11.8. The van der Waals surface area contributed by atoms with Gasteiger partial charge in [0, 0.05) is 18.8 Å².